The highest BCUT2D eigenvalue weighted by Crippen LogP contribution is 2.23. The number of carbonyl (C=O) groups is 1. The van der Waals surface area contributed by atoms with Gasteiger partial charge in [-0.05, 0) is 36.1 Å². The number of hydrogen-bond acceptors (Lipinski definition) is 2. The number of halogens is 1. The van der Waals surface area contributed by atoms with Crippen LogP contribution in [0.5, 0.6) is 0 Å². The molecule has 1 aromatic carbocycles. The summed E-state index contributed by atoms with van der Waals surface area (Å²) in [5.41, 5.74) is 0.144. The van der Waals surface area contributed by atoms with E-state index in [2.05, 4.69) is 4.98 Å². The normalized spacial score (nSPS) is 10.6. The van der Waals surface area contributed by atoms with Crippen molar-refractivity contribution in [2.45, 2.75) is 6.92 Å². The Balaban J connectivity index is 2.94. The summed E-state index contributed by atoms with van der Waals surface area (Å²) in [7, 11) is 0. The molecule has 0 radical (unpaired) electrons. The lowest BCUT2D eigenvalue weighted by Gasteiger charge is -2.04. The van der Waals surface area contributed by atoms with Crippen molar-refractivity contribution in [2.24, 2.45) is 0 Å². The highest BCUT2D eigenvalue weighted by atomic mass is 35.5. The molecular weight excluding hydrogens is 230 g/mol. The maximum Gasteiger partial charge on any atom is 0.352 e. The topological polar surface area (TPSA) is 70.2 Å². The minimum absolute atomic E-state index is 0.136. The van der Waals surface area contributed by atoms with E-state index >= 15 is 0 Å². The first kappa shape index (κ1) is 10.7. The smallest absolute Gasteiger partial charge is 0.352 e. The third-order valence-corrected chi connectivity index (χ3v) is 2.87. The van der Waals surface area contributed by atoms with E-state index in [9.17, 15) is 9.59 Å². The van der Waals surface area contributed by atoms with Crippen molar-refractivity contribution in [2.75, 3.05) is 0 Å². The Morgan fingerprint density at radius 2 is 2.06 bits per heavy atom. The van der Waals surface area contributed by atoms with Gasteiger partial charge < -0.3 is 10.1 Å². The number of benzene rings is 1. The number of aromatic nitrogens is 1. The molecule has 0 spiro atoms. The van der Waals surface area contributed by atoms with E-state index in [1.165, 1.54) is 6.07 Å². The molecule has 1 aromatic heterocycles. The van der Waals surface area contributed by atoms with E-state index in [1.54, 1.807) is 19.1 Å². The zero-order valence-electron chi connectivity index (χ0n) is 8.37. The van der Waals surface area contributed by atoms with Crippen LogP contribution in [0.25, 0.3) is 10.8 Å². The van der Waals surface area contributed by atoms with Crippen LogP contribution in [0, 0.1) is 6.92 Å². The summed E-state index contributed by atoms with van der Waals surface area (Å²) in [5, 5.41) is 10.3. The molecule has 0 amide bonds. The van der Waals surface area contributed by atoms with Crippen LogP contribution in [-0.2, 0) is 0 Å². The molecule has 0 bridgehead atoms. The lowest BCUT2D eigenvalue weighted by Crippen LogP contribution is -2.13. The van der Waals surface area contributed by atoms with Gasteiger partial charge in [-0.25, -0.2) is 4.79 Å². The van der Waals surface area contributed by atoms with E-state index in [1.807, 2.05) is 0 Å². The number of pyridine rings is 1. The quantitative estimate of drug-likeness (QED) is 0.799. The number of fused-ring (bicyclic) bond motifs is 1. The van der Waals surface area contributed by atoms with Crippen LogP contribution in [-0.4, -0.2) is 16.1 Å². The number of H-pyrrole nitrogens is 1. The number of carboxylic acids is 1. The highest BCUT2D eigenvalue weighted by Gasteiger charge is 2.10. The van der Waals surface area contributed by atoms with E-state index < -0.39 is 11.5 Å². The van der Waals surface area contributed by atoms with Gasteiger partial charge in [-0.3, -0.25) is 4.79 Å². The van der Waals surface area contributed by atoms with Gasteiger partial charge >= 0.3 is 5.97 Å². The summed E-state index contributed by atoms with van der Waals surface area (Å²) < 4.78 is 0. The minimum atomic E-state index is -1.17. The van der Waals surface area contributed by atoms with Crippen LogP contribution in [0.2, 0.25) is 5.02 Å². The molecule has 0 aliphatic rings. The highest BCUT2D eigenvalue weighted by molar-refractivity contribution is 6.32. The Bertz CT molecular complexity index is 645. The van der Waals surface area contributed by atoms with Crippen LogP contribution in [0.3, 0.4) is 0 Å². The molecule has 0 fully saturated rings. The van der Waals surface area contributed by atoms with Crippen molar-refractivity contribution in [3.63, 3.8) is 0 Å². The molecule has 0 aliphatic heterocycles. The number of aromatic amines is 1. The second-order valence-corrected chi connectivity index (χ2v) is 3.86. The predicted octanol–water partition coefficient (Wildman–Crippen LogP) is 2.19. The van der Waals surface area contributed by atoms with Crippen molar-refractivity contribution in [1.82, 2.24) is 4.98 Å². The van der Waals surface area contributed by atoms with Crippen LogP contribution >= 0.6 is 11.6 Å². The molecule has 1 heterocycles. The average Bonchev–Trinajstić information content (AvgIpc) is 2.23. The van der Waals surface area contributed by atoms with Gasteiger partial charge in [0.1, 0.15) is 5.69 Å². The fourth-order valence-electron chi connectivity index (χ4n) is 1.57. The van der Waals surface area contributed by atoms with Crippen molar-refractivity contribution in [3.8, 4) is 0 Å². The number of aryl methyl sites for hydroxylation is 1. The molecule has 0 aliphatic carbocycles. The number of carboxylic acid groups (broad SMARTS) is 1. The van der Waals surface area contributed by atoms with Crippen molar-refractivity contribution in [1.29, 1.82) is 0 Å². The fourth-order valence-corrected chi connectivity index (χ4v) is 1.74. The van der Waals surface area contributed by atoms with Crippen molar-refractivity contribution < 1.29 is 9.90 Å². The van der Waals surface area contributed by atoms with Gasteiger partial charge in [0, 0.05) is 10.4 Å². The first-order valence-corrected chi connectivity index (χ1v) is 4.94. The Hall–Kier alpha value is -1.81. The summed E-state index contributed by atoms with van der Waals surface area (Å²) in [6, 6.07) is 4.62. The van der Waals surface area contributed by atoms with E-state index in [4.69, 9.17) is 16.7 Å². The van der Waals surface area contributed by atoms with Crippen molar-refractivity contribution >= 4 is 28.3 Å². The molecule has 82 valence electrons. The van der Waals surface area contributed by atoms with E-state index in [-0.39, 0.29) is 5.69 Å². The lowest BCUT2D eigenvalue weighted by atomic mass is 10.1. The third-order valence-electron chi connectivity index (χ3n) is 2.46. The monoisotopic (exact) mass is 237 g/mol. The largest absolute Gasteiger partial charge is 0.477 e. The average molecular weight is 238 g/mol. The molecule has 0 atom stereocenters. The summed E-state index contributed by atoms with van der Waals surface area (Å²) in [6.45, 7) is 1.75. The van der Waals surface area contributed by atoms with Crippen LogP contribution in [0.15, 0.2) is 23.0 Å². The zero-order chi connectivity index (χ0) is 11.9. The Morgan fingerprint density at radius 3 is 2.69 bits per heavy atom. The maximum absolute atomic E-state index is 11.6. The van der Waals surface area contributed by atoms with E-state index in [0.29, 0.717) is 21.4 Å². The second kappa shape index (κ2) is 3.64. The molecule has 2 N–H and O–H groups in total. The van der Waals surface area contributed by atoms with Gasteiger partial charge in [0.2, 0.25) is 0 Å². The fraction of sp³-hybridized carbons (Fsp3) is 0.0909. The van der Waals surface area contributed by atoms with Gasteiger partial charge in [0.15, 0.2) is 0 Å². The summed E-state index contributed by atoms with van der Waals surface area (Å²) in [4.78, 5) is 24.7. The van der Waals surface area contributed by atoms with Gasteiger partial charge in [0.25, 0.3) is 5.56 Å². The predicted molar refractivity (Wildman–Crippen MR) is 61.3 cm³/mol. The SMILES string of the molecule is Cc1c(Cl)ccc2c(=O)[nH]c(C(=O)O)cc12. The molecule has 5 heteroatoms. The second-order valence-electron chi connectivity index (χ2n) is 3.45. The minimum Gasteiger partial charge on any atom is -0.477 e. The molecule has 2 rings (SSSR count). The summed E-state index contributed by atoms with van der Waals surface area (Å²) in [5.74, 6) is -1.17. The Labute approximate surface area is 95.5 Å². The molecule has 16 heavy (non-hydrogen) atoms. The Kier molecular flexibility index (Phi) is 2.44. The molecule has 4 nitrogen and oxygen atoms in total. The first-order chi connectivity index (χ1) is 7.50. The number of rotatable bonds is 1. The molecule has 0 unspecified atom stereocenters. The van der Waals surface area contributed by atoms with Crippen LogP contribution in [0.4, 0.5) is 0 Å². The molecular formula is C11H8ClNO3. The van der Waals surface area contributed by atoms with Gasteiger partial charge in [0.05, 0.1) is 0 Å². The van der Waals surface area contributed by atoms with Gasteiger partial charge in [-0.1, -0.05) is 11.6 Å². The first-order valence-electron chi connectivity index (χ1n) is 4.56. The number of nitrogens with one attached hydrogen (secondary N) is 1. The molecule has 0 saturated heterocycles. The van der Waals surface area contributed by atoms with Gasteiger partial charge in [-0.2, -0.15) is 0 Å². The molecule has 0 saturated carbocycles. The Morgan fingerprint density at radius 1 is 1.38 bits per heavy atom. The zero-order valence-corrected chi connectivity index (χ0v) is 9.13. The van der Waals surface area contributed by atoms with Crippen molar-refractivity contribution in [3.05, 3.63) is 44.8 Å². The summed E-state index contributed by atoms with van der Waals surface area (Å²) in [6.07, 6.45) is 0. The number of hydrogen-bond donors (Lipinski definition) is 2. The van der Waals surface area contributed by atoms with Crippen LogP contribution in [0.1, 0.15) is 16.1 Å². The van der Waals surface area contributed by atoms with Gasteiger partial charge in [-0.15, -0.1) is 0 Å². The lowest BCUT2D eigenvalue weighted by molar-refractivity contribution is 0.0690. The number of aromatic carboxylic acids is 1. The third kappa shape index (κ3) is 1.57. The molecule has 2 aromatic rings. The standard InChI is InChI=1S/C11H8ClNO3/c1-5-7-4-9(11(15)16)13-10(14)6(7)2-3-8(5)12/h2-4H,1H3,(H,13,14)(H,15,16). The van der Waals surface area contributed by atoms with Crippen LogP contribution < -0.4 is 5.56 Å². The summed E-state index contributed by atoms with van der Waals surface area (Å²) >= 11 is 5.91. The maximum atomic E-state index is 11.6. The van der Waals surface area contributed by atoms with E-state index in [0.717, 1.165) is 0 Å².